The van der Waals surface area contributed by atoms with Crippen molar-refractivity contribution >= 4 is 11.8 Å². The minimum absolute atomic E-state index is 0.0289. The molecule has 1 aliphatic rings. The van der Waals surface area contributed by atoms with Gasteiger partial charge in [0.15, 0.2) is 0 Å². The smallest absolute Gasteiger partial charge is 0.248 e. The van der Waals surface area contributed by atoms with E-state index in [1.807, 2.05) is 12.1 Å². The van der Waals surface area contributed by atoms with Crippen LogP contribution in [0.3, 0.4) is 0 Å². The Morgan fingerprint density at radius 2 is 1.86 bits per heavy atom. The lowest BCUT2D eigenvalue weighted by Crippen LogP contribution is -2.42. The lowest BCUT2D eigenvalue weighted by molar-refractivity contribution is -0.134. The van der Waals surface area contributed by atoms with Crippen molar-refractivity contribution < 1.29 is 9.59 Å². The average molecular weight is 289 g/mol. The summed E-state index contributed by atoms with van der Waals surface area (Å²) < 4.78 is 0. The summed E-state index contributed by atoms with van der Waals surface area (Å²) in [5.74, 6) is -0.319. The number of nitrogens with two attached hydrogens (primary N) is 2. The third-order valence-corrected chi connectivity index (χ3v) is 4.46. The quantitative estimate of drug-likeness (QED) is 0.826. The van der Waals surface area contributed by atoms with Crippen LogP contribution in [0.25, 0.3) is 0 Å². The summed E-state index contributed by atoms with van der Waals surface area (Å²) in [6, 6.07) is 7.02. The highest BCUT2D eigenvalue weighted by atomic mass is 16.2. The molecule has 5 nitrogen and oxygen atoms in total. The Labute approximate surface area is 125 Å². The molecule has 114 valence electrons. The van der Waals surface area contributed by atoms with Crippen LogP contribution in [0.1, 0.15) is 41.6 Å². The number of hydrogen-bond donors (Lipinski definition) is 2. The number of hydrogen-bond acceptors (Lipinski definition) is 3. The van der Waals surface area contributed by atoms with Gasteiger partial charge in [-0.3, -0.25) is 9.59 Å². The van der Waals surface area contributed by atoms with Crippen molar-refractivity contribution in [1.29, 1.82) is 0 Å². The Kier molecular flexibility index (Phi) is 4.63. The number of primary amides is 1. The molecular formula is C16H23N3O2. The fourth-order valence-corrected chi connectivity index (χ4v) is 2.72. The molecule has 1 saturated carbocycles. The molecule has 0 heterocycles. The molecule has 0 radical (unpaired) electrons. The number of carbonyl (C=O) groups is 2. The maximum absolute atomic E-state index is 12.3. The zero-order chi connectivity index (χ0) is 15.5. The molecule has 1 aromatic carbocycles. The summed E-state index contributed by atoms with van der Waals surface area (Å²) >= 11 is 0. The van der Waals surface area contributed by atoms with Crippen molar-refractivity contribution in [3.63, 3.8) is 0 Å². The van der Waals surface area contributed by atoms with E-state index in [0.29, 0.717) is 25.1 Å². The number of nitrogens with zero attached hydrogens (tertiary/aromatic N) is 1. The van der Waals surface area contributed by atoms with Crippen LogP contribution in [-0.2, 0) is 11.3 Å². The molecule has 4 N–H and O–H groups in total. The number of carbonyl (C=O) groups excluding carboxylic acids is 2. The maximum Gasteiger partial charge on any atom is 0.248 e. The first kappa shape index (κ1) is 15.5. The van der Waals surface area contributed by atoms with Gasteiger partial charge in [0.1, 0.15) is 0 Å². The molecule has 0 saturated heterocycles. The van der Waals surface area contributed by atoms with Crippen molar-refractivity contribution in [2.75, 3.05) is 13.6 Å². The van der Waals surface area contributed by atoms with Crippen LogP contribution in [0.5, 0.6) is 0 Å². The highest BCUT2D eigenvalue weighted by molar-refractivity contribution is 5.92. The highest BCUT2D eigenvalue weighted by Gasteiger charge is 2.38. The van der Waals surface area contributed by atoms with E-state index in [4.69, 9.17) is 11.5 Å². The second-order valence-corrected chi connectivity index (χ2v) is 6.05. The van der Waals surface area contributed by atoms with Crippen molar-refractivity contribution in [1.82, 2.24) is 4.90 Å². The van der Waals surface area contributed by atoms with E-state index < -0.39 is 5.91 Å². The van der Waals surface area contributed by atoms with Gasteiger partial charge in [-0.1, -0.05) is 18.6 Å². The summed E-state index contributed by atoms with van der Waals surface area (Å²) in [6.07, 6.45) is 3.80. The van der Waals surface area contributed by atoms with E-state index in [-0.39, 0.29) is 11.3 Å². The molecular weight excluding hydrogens is 266 g/mol. The Hall–Kier alpha value is -1.88. The van der Waals surface area contributed by atoms with Gasteiger partial charge in [-0.25, -0.2) is 0 Å². The van der Waals surface area contributed by atoms with E-state index in [9.17, 15) is 9.59 Å². The van der Waals surface area contributed by atoms with Crippen LogP contribution < -0.4 is 11.5 Å². The second kappa shape index (κ2) is 6.26. The Morgan fingerprint density at radius 1 is 1.24 bits per heavy atom. The fourth-order valence-electron chi connectivity index (χ4n) is 2.72. The summed E-state index contributed by atoms with van der Waals surface area (Å²) in [7, 11) is 1.80. The van der Waals surface area contributed by atoms with E-state index in [1.54, 1.807) is 24.1 Å². The largest absolute Gasteiger partial charge is 0.366 e. The standard InChI is InChI=1S/C16H23N3O2/c1-19(14(20)9-16(11-17)7-2-8-16)10-12-3-5-13(6-4-12)15(18)21/h3-6H,2,7-11,17H2,1H3,(H2,18,21). The molecule has 1 aromatic rings. The fraction of sp³-hybridized carbons (Fsp3) is 0.500. The van der Waals surface area contributed by atoms with Crippen molar-refractivity contribution in [3.05, 3.63) is 35.4 Å². The van der Waals surface area contributed by atoms with E-state index >= 15 is 0 Å². The lowest BCUT2D eigenvalue weighted by Gasteiger charge is -2.41. The minimum Gasteiger partial charge on any atom is -0.366 e. The molecule has 0 bridgehead atoms. The van der Waals surface area contributed by atoms with Crippen LogP contribution in [-0.4, -0.2) is 30.3 Å². The first-order chi connectivity index (χ1) is 9.96. The third-order valence-electron chi connectivity index (χ3n) is 4.46. The van der Waals surface area contributed by atoms with Gasteiger partial charge in [0, 0.05) is 25.6 Å². The number of rotatable bonds is 6. The zero-order valence-electron chi connectivity index (χ0n) is 12.5. The van der Waals surface area contributed by atoms with Gasteiger partial charge in [0.25, 0.3) is 0 Å². The Morgan fingerprint density at radius 3 is 2.29 bits per heavy atom. The minimum atomic E-state index is -0.444. The van der Waals surface area contributed by atoms with Crippen LogP contribution in [0.4, 0.5) is 0 Å². The molecule has 0 aliphatic heterocycles. The topological polar surface area (TPSA) is 89.4 Å². The van der Waals surface area contributed by atoms with Gasteiger partial charge >= 0.3 is 0 Å². The number of benzene rings is 1. The maximum atomic E-state index is 12.3. The summed E-state index contributed by atoms with van der Waals surface area (Å²) in [5, 5.41) is 0. The monoisotopic (exact) mass is 289 g/mol. The van der Waals surface area contributed by atoms with Gasteiger partial charge in [-0.2, -0.15) is 0 Å². The second-order valence-electron chi connectivity index (χ2n) is 6.05. The zero-order valence-corrected chi connectivity index (χ0v) is 12.5. The predicted octanol–water partition coefficient (Wildman–Crippen LogP) is 1.26. The van der Waals surface area contributed by atoms with Crippen molar-refractivity contribution in [2.45, 2.75) is 32.2 Å². The molecule has 1 fully saturated rings. The van der Waals surface area contributed by atoms with E-state index in [1.165, 1.54) is 6.42 Å². The Bertz CT molecular complexity index is 515. The molecule has 0 spiro atoms. The molecule has 0 unspecified atom stereocenters. The van der Waals surface area contributed by atoms with E-state index in [0.717, 1.165) is 18.4 Å². The molecule has 5 heteroatoms. The normalized spacial score (nSPS) is 16.1. The molecule has 2 rings (SSSR count). The Balaban J connectivity index is 1.92. The van der Waals surface area contributed by atoms with Crippen LogP contribution in [0.15, 0.2) is 24.3 Å². The van der Waals surface area contributed by atoms with Gasteiger partial charge < -0.3 is 16.4 Å². The van der Waals surface area contributed by atoms with Crippen molar-refractivity contribution in [2.24, 2.45) is 16.9 Å². The van der Waals surface area contributed by atoms with Crippen LogP contribution in [0, 0.1) is 5.41 Å². The number of amides is 2. The molecule has 0 aromatic heterocycles. The molecule has 2 amide bonds. The predicted molar refractivity (Wildman–Crippen MR) is 81.4 cm³/mol. The summed E-state index contributed by atoms with van der Waals surface area (Å²) in [6.45, 7) is 1.11. The molecule has 21 heavy (non-hydrogen) atoms. The SMILES string of the molecule is CN(Cc1ccc(C(N)=O)cc1)C(=O)CC1(CN)CCC1. The van der Waals surface area contributed by atoms with Crippen molar-refractivity contribution in [3.8, 4) is 0 Å². The first-order valence-electron chi connectivity index (χ1n) is 7.28. The van der Waals surface area contributed by atoms with Gasteiger partial charge in [-0.05, 0) is 42.5 Å². The summed E-state index contributed by atoms with van der Waals surface area (Å²) in [5.41, 5.74) is 12.5. The van der Waals surface area contributed by atoms with Gasteiger partial charge in [0.05, 0.1) is 0 Å². The summed E-state index contributed by atoms with van der Waals surface area (Å²) in [4.78, 5) is 25.0. The lowest BCUT2D eigenvalue weighted by atomic mass is 9.66. The third kappa shape index (κ3) is 3.61. The van der Waals surface area contributed by atoms with Gasteiger partial charge in [0.2, 0.25) is 11.8 Å². The van der Waals surface area contributed by atoms with E-state index in [2.05, 4.69) is 0 Å². The van der Waals surface area contributed by atoms with Gasteiger partial charge in [-0.15, -0.1) is 0 Å². The molecule has 0 atom stereocenters. The average Bonchev–Trinajstić information content (AvgIpc) is 2.43. The van der Waals surface area contributed by atoms with Crippen LogP contribution in [0.2, 0.25) is 0 Å². The van der Waals surface area contributed by atoms with Crippen LogP contribution >= 0.6 is 0 Å². The molecule has 1 aliphatic carbocycles. The highest BCUT2D eigenvalue weighted by Crippen LogP contribution is 2.43. The first-order valence-corrected chi connectivity index (χ1v) is 7.28.